The third kappa shape index (κ3) is 6.59. The Hall–Kier alpha value is -3.31. The van der Waals surface area contributed by atoms with Gasteiger partial charge in [0.05, 0.1) is 17.0 Å². The summed E-state index contributed by atoms with van der Waals surface area (Å²) in [6, 6.07) is 15.2. The van der Waals surface area contributed by atoms with Crippen molar-refractivity contribution in [3.05, 3.63) is 94.8 Å². The van der Waals surface area contributed by atoms with Gasteiger partial charge in [0.15, 0.2) is 0 Å². The van der Waals surface area contributed by atoms with Crippen LogP contribution in [-0.2, 0) is 29.0 Å². The molecule has 0 atom stereocenters. The number of sulfonamides is 1. The molecule has 0 unspecified atom stereocenters. The molecule has 0 saturated heterocycles. The summed E-state index contributed by atoms with van der Waals surface area (Å²) >= 11 is 0. The Morgan fingerprint density at radius 1 is 0.969 bits per heavy atom. The molecule has 0 amide bonds. The zero-order valence-corrected chi connectivity index (χ0v) is 18.1. The number of aryl methyl sites for hydroxylation is 2. The number of rotatable bonds is 6. The average Bonchev–Trinajstić information content (AvgIpc) is 2.77. The van der Waals surface area contributed by atoms with Crippen molar-refractivity contribution in [1.29, 1.82) is 0 Å². The lowest BCUT2D eigenvalue weighted by Gasteiger charge is -2.11. The maximum absolute atomic E-state index is 12.6. The summed E-state index contributed by atoms with van der Waals surface area (Å²) in [5, 5.41) is 0. The Balaban J connectivity index is 1.60. The van der Waals surface area contributed by atoms with Crippen molar-refractivity contribution in [3.8, 4) is 11.8 Å². The lowest BCUT2D eigenvalue weighted by molar-refractivity contribution is -0.137. The lowest BCUT2D eigenvalue weighted by atomic mass is 10.1. The molecule has 0 radical (unpaired) electrons. The van der Waals surface area contributed by atoms with Gasteiger partial charge >= 0.3 is 6.18 Å². The molecule has 8 heteroatoms. The highest BCUT2D eigenvalue weighted by Gasteiger charge is 2.29. The third-order valence-corrected chi connectivity index (χ3v) is 5.97. The van der Waals surface area contributed by atoms with E-state index in [1.807, 2.05) is 19.1 Å². The minimum atomic E-state index is -4.38. The van der Waals surface area contributed by atoms with E-state index in [0.29, 0.717) is 16.9 Å². The van der Waals surface area contributed by atoms with Crippen LogP contribution in [0, 0.1) is 11.8 Å². The molecule has 0 aliphatic carbocycles. The van der Waals surface area contributed by atoms with Crippen LogP contribution in [0.5, 0.6) is 0 Å². The van der Waals surface area contributed by atoms with E-state index in [1.165, 1.54) is 12.1 Å². The first-order chi connectivity index (χ1) is 15.2. The van der Waals surface area contributed by atoms with Gasteiger partial charge < -0.3 is 0 Å². The Kier molecular flexibility index (Phi) is 7.21. The van der Waals surface area contributed by atoms with Gasteiger partial charge in [0, 0.05) is 11.8 Å². The second-order valence-electron chi connectivity index (χ2n) is 7.06. The molecule has 3 aromatic rings. The van der Waals surface area contributed by atoms with Crippen molar-refractivity contribution in [2.75, 3.05) is 10.5 Å². The van der Waals surface area contributed by atoms with E-state index in [0.717, 1.165) is 29.7 Å². The summed E-state index contributed by atoms with van der Waals surface area (Å²) in [6.45, 7) is 1.96. The van der Waals surface area contributed by atoms with Crippen molar-refractivity contribution in [2.24, 2.45) is 0 Å². The number of anilines is 1. The number of nitrogens with zero attached hydrogens (tertiary/aromatic N) is 1. The average molecular weight is 459 g/mol. The number of hydrogen-bond donors (Lipinski definition) is 1. The normalized spacial score (nSPS) is 11.5. The first kappa shape index (κ1) is 23.4. The van der Waals surface area contributed by atoms with Crippen molar-refractivity contribution < 1.29 is 21.6 Å². The topological polar surface area (TPSA) is 59.1 Å². The molecule has 0 aliphatic heterocycles. The molecule has 0 fully saturated rings. The number of hydrogen-bond acceptors (Lipinski definition) is 3. The summed E-state index contributed by atoms with van der Waals surface area (Å²) in [7, 11) is -3.52. The predicted octanol–water partition coefficient (Wildman–Crippen LogP) is 5.05. The fraction of sp³-hybridized carbons (Fsp3) is 0.208. The standard InChI is InChI=1S/C24H21F3N2O2S/c1-2-20-5-3-4-6-23(20)29-32(30,31)16-15-19-10-14-22(28-17-19)13-9-18-7-11-21(12-8-18)24(25,26)27/h3-8,10-12,14,17,29H,2,15-16H2,1H3. The van der Waals surface area contributed by atoms with Gasteiger partial charge in [-0.15, -0.1) is 0 Å². The number of pyridine rings is 1. The zero-order valence-electron chi connectivity index (χ0n) is 17.3. The summed E-state index contributed by atoms with van der Waals surface area (Å²) < 4.78 is 65.3. The van der Waals surface area contributed by atoms with Gasteiger partial charge in [-0.25, -0.2) is 13.4 Å². The Morgan fingerprint density at radius 2 is 1.69 bits per heavy atom. The predicted molar refractivity (Wildman–Crippen MR) is 119 cm³/mol. The number of alkyl halides is 3. The summed E-state index contributed by atoms with van der Waals surface area (Å²) in [5.74, 6) is 5.46. The van der Waals surface area contributed by atoms with Gasteiger partial charge in [-0.2, -0.15) is 13.2 Å². The van der Waals surface area contributed by atoms with E-state index >= 15 is 0 Å². The Morgan fingerprint density at radius 3 is 2.31 bits per heavy atom. The van der Waals surface area contributed by atoms with E-state index in [9.17, 15) is 21.6 Å². The Labute approximate surface area is 185 Å². The molecule has 0 aliphatic rings. The monoisotopic (exact) mass is 458 g/mol. The molecule has 2 aromatic carbocycles. The maximum atomic E-state index is 12.6. The van der Waals surface area contributed by atoms with Gasteiger partial charge in [-0.1, -0.05) is 37.1 Å². The van der Waals surface area contributed by atoms with Crippen LogP contribution < -0.4 is 4.72 Å². The molecule has 3 rings (SSSR count). The highest BCUT2D eigenvalue weighted by Crippen LogP contribution is 2.29. The minimum Gasteiger partial charge on any atom is -0.283 e. The van der Waals surface area contributed by atoms with Crippen LogP contribution in [0.25, 0.3) is 0 Å². The highest BCUT2D eigenvalue weighted by atomic mass is 32.2. The number of para-hydroxylation sites is 1. The van der Waals surface area contributed by atoms with E-state index < -0.39 is 21.8 Å². The zero-order chi connectivity index (χ0) is 23.2. The largest absolute Gasteiger partial charge is 0.416 e. The molecule has 32 heavy (non-hydrogen) atoms. The van der Waals surface area contributed by atoms with E-state index in [4.69, 9.17) is 0 Å². The molecule has 1 heterocycles. The second-order valence-corrected chi connectivity index (χ2v) is 8.90. The fourth-order valence-corrected chi connectivity index (χ4v) is 4.06. The van der Waals surface area contributed by atoms with Crippen molar-refractivity contribution in [2.45, 2.75) is 25.9 Å². The van der Waals surface area contributed by atoms with E-state index in [1.54, 1.807) is 30.5 Å². The van der Waals surface area contributed by atoms with E-state index in [2.05, 4.69) is 21.5 Å². The minimum absolute atomic E-state index is 0.0939. The van der Waals surface area contributed by atoms with Crippen LogP contribution in [0.2, 0.25) is 0 Å². The molecule has 4 nitrogen and oxygen atoms in total. The number of nitrogens with one attached hydrogen (secondary N) is 1. The van der Waals surface area contributed by atoms with Crippen LogP contribution in [0.1, 0.15) is 34.9 Å². The summed E-state index contributed by atoms with van der Waals surface area (Å²) in [5.41, 5.74) is 2.39. The SMILES string of the molecule is CCc1ccccc1NS(=O)(=O)CCc1ccc(C#Cc2ccc(C(F)(F)F)cc2)nc1. The molecule has 166 valence electrons. The maximum Gasteiger partial charge on any atom is 0.416 e. The van der Waals surface area contributed by atoms with Gasteiger partial charge in [0.25, 0.3) is 0 Å². The van der Waals surface area contributed by atoms with Crippen LogP contribution in [0.15, 0.2) is 66.9 Å². The second kappa shape index (κ2) is 9.88. The van der Waals surface area contributed by atoms with Gasteiger partial charge in [-0.05, 0) is 66.3 Å². The van der Waals surface area contributed by atoms with Crippen LogP contribution >= 0.6 is 0 Å². The van der Waals surface area contributed by atoms with Crippen molar-refractivity contribution in [1.82, 2.24) is 4.98 Å². The summed E-state index contributed by atoms with van der Waals surface area (Å²) in [4.78, 5) is 4.19. The van der Waals surface area contributed by atoms with Crippen molar-refractivity contribution in [3.63, 3.8) is 0 Å². The van der Waals surface area contributed by atoms with Gasteiger partial charge in [-0.3, -0.25) is 4.72 Å². The number of benzene rings is 2. The lowest BCUT2D eigenvalue weighted by Crippen LogP contribution is -2.19. The van der Waals surface area contributed by atoms with Crippen LogP contribution in [-0.4, -0.2) is 19.2 Å². The van der Waals surface area contributed by atoms with Crippen LogP contribution in [0.3, 0.4) is 0 Å². The quantitative estimate of drug-likeness (QED) is 0.526. The number of aromatic nitrogens is 1. The molecule has 1 aromatic heterocycles. The third-order valence-electron chi connectivity index (χ3n) is 4.70. The van der Waals surface area contributed by atoms with Gasteiger partial charge in [0.1, 0.15) is 5.69 Å². The number of halogens is 3. The molecule has 0 spiro atoms. The molecule has 0 saturated carbocycles. The fourth-order valence-electron chi connectivity index (χ4n) is 2.92. The van der Waals surface area contributed by atoms with Crippen LogP contribution in [0.4, 0.5) is 18.9 Å². The molecular formula is C24H21F3N2O2S. The highest BCUT2D eigenvalue weighted by molar-refractivity contribution is 7.92. The van der Waals surface area contributed by atoms with E-state index in [-0.39, 0.29) is 12.2 Å². The smallest absolute Gasteiger partial charge is 0.283 e. The molecule has 1 N–H and O–H groups in total. The first-order valence-electron chi connectivity index (χ1n) is 9.89. The molecular weight excluding hydrogens is 437 g/mol. The van der Waals surface area contributed by atoms with Crippen molar-refractivity contribution >= 4 is 15.7 Å². The molecule has 0 bridgehead atoms. The van der Waals surface area contributed by atoms with Gasteiger partial charge in [0.2, 0.25) is 10.0 Å². The first-order valence-corrected chi connectivity index (χ1v) is 11.5. The summed E-state index contributed by atoms with van der Waals surface area (Å²) in [6.07, 6.45) is -1.83. The Bertz CT molecular complexity index is 1230.